The minimum Gasteiger partial charge on any atom is -0.465 e. The van der Waals surface area contributed by atoms with Crippen LogP contribution in [0.2, 0.25) is 0 Å². The summed E-state index contributed by atoms with van der Waals surface area (Å²) in [6, 6.07) is 1.81. The van der Waals surface area contributed by atoms with Crippen LogP contribution in [-0.4, -0.2) is 17.6 Å². The summed E-state index contributed by atoms with van der Waals surface area (Å²) in [6.45, 7) is 4.05. The fourth-order valence-electron chi connectivity index (χ4n) is 1.46. The quantitative estimate of drug-likeness (QED) is 0.442. The van der Waals surface area contributed by atoms with Gasteiger partial charge >= 0.3 is 5.97 Å². The van der Waals surface area contributed by atoms with Gasteiger partial charge in [0.15, 0.2) is 5.57 Å². The van der Waals surface area contributed by atoms with Gasteiger partial charge in [0.05, 0.1) is 7.11 Å². The largest absolute Gasteiger partial charge is 0.465 e. The molecule has 0 saturated carbocycles. The number of carbonyl (C=O) groups is 1. The van der Waals surface area contributed by atoms with E-state index in [2.05, 4.69) is 11.7 Å². The zero-order chi connectivity index (χ0) is 12.1. The lowest BCUT2D eigenvalue weighted by Gasteiger charge is -1.96. The van der Waals surface area contributed by atoms with Crippen molar-refractivity contribution < 1.29 is 9.53 Å². The number of hydrogen-bond donors (Lipinski definition) is 0. The van der Waals surface area contributed by atoms with Gasteiger partial charge in [0.25, 0.3) is 0 Å². The topological polar surface area (TPSA) is 55.0 Å². The Morgan fingerprint density at radius 3 is 2.75 bits per heavy atom. The Bertz CT molecular complexity index is 464. The molecule has 0 amide bonds. The molecule has 0 saturated heterocycles. The number of carbonyl (C=O) groups excluding carboxylic acids is 1. The van der Waals surface area contributed by atoms with Crippen molar-refractivity contribution in [3.05, 3.63) is 29.1 Å². The van der Waals surface area contributed by atoms with E-state index in [9.17, 15) is 4.79 Å². The maximum absolute atomic E-state index is 11.2. The zero-order valence-corrected chi connectivity index (χ0v) is 9.65. The molecule has 0 atom stereocenters. The SMILES string of the molecule is CCc1cn(/C=C(\C#N)C(=O)OC)cc1C. The molecule has 1 aromatic heterocycles. The maximum atomic E-state index is 11.2. The normalized spacial score (nSPS) is 11.0. The number of esters is 1. The minimum atomic E-state index is -0.619. The van der Waals surface area contributed by atoms with E-state index in [1.54, 1.807) is 4.57 Å². The van der Waals surface area contributed by atoms with E-state index in [4.69, 9.17) is 5.26 Å². The first kappa shape index (κ1) is 12.1. The van der Waals surface area contributed by atoms with Crippen molar-refractivity contribution in [3.63, 3.8) is 0 Å². The molecule has 16 heavy (non-hydrogen) atoms. The van der Waals surface area contributed by atoms with Crippen molar-refractivity contribution in [2.24, 2.45) is 0 Å². The van der Waals surface area contributed by atoms with Crippen LogP contribution in [0.15, 0.2) is 18.0 Å². The van der Waals surface area contributed by atoms with Crippen LogP contribution in [0.3, 0.4) is 0 Å². The van der Waals surface area contributed by atoms with Crippen LogP contribution >= 0.6 is 0 Å². The molecular weight excluding hydrogens is 204 g/mol. The van der Waals surface area contributed by atoms with E-state index in [0.717, 1.165) is 12.0 Å². The molecule has 4 nitrogen and oxygen atoms in total. The van der Waals surface area contributed by atoms with Crippen LogP contribution in [0, 0.1) is 18.3 Å². The third kappa shape index (κ3) is 2.51. The standard InChI is InChI=1S/C12H14N2O2/c1-4-10-7-14(6-9(10)2)8-11(5-13)12(15)16-3/h6-8H,4H2,1-3H3/b11-8+. The van der Waals surface area contributed by atoms with Crippen LogP contribution < -0.4 is 0 Å². The van der Waals surface area contributed by atoms with Crippen LogP contribution in [-0.2, 0) is 16.0 Å². The fourth-order valence-corrected chi connectivity index (χ4v) is 1.46. The molecule has 0 aliphatic carbocycles. The molecule has 0 spiro atoms. The van der Waals surface area contributed by atoms with E-state index in [0.29, 0.717) is 0 Å². The summed E-state index contributed by atoms with van der Waals surface area (Å²) in [5, 5.41) is 8.79. The number of nitrogens with zero attached hydrogens (tertiary/aromatic N) is 2. The average molecular weight is 218 g/mol. The Morgan fingerprint density at radius 2 is 2.31 bits per heavy atom. The van der Waals surface area contributed by atoms with Crippen molar-refractivity contribution in [2.45, 2.75) is 20.3 Å². The van der Waals surface area contributed by atoms with E-state index in [-0.39, 0.29) is 5.57 Å². The summed E-state index contributed by atoms with van der Waals surface area (Å²) in [5.41, 5.74) is 2.32. The van der Waals surface area contributed by atoms with Gasteiger partial charge < -0.3 is 9.30 Å². The van der Waals surface area contributed by atoms with Crippen molar-refractivity contribution >= 4 is 12.2 Å². The fraction of sp³-hybridized carbons (Fsp3) is 0.333. The van der Waals surface area contributed by atoms with Crippen LogP contribution in [0.5, 0.6) is 0 Å². The van der Waals surface area contributed by atoms with Crippen LogP contribution in [0.1, 0.15) is 18.1 Å². The maximum Gasteiger partial charge on any atom is 0.350 e. The summed E-state index contributed by atoms with van der Waals surface area (Å²) < 4.78 is 6.21. The molecule has 1 aromatic rings. The molecule has 0 radical (unpaired) electrons. The second kappa shape index (κ2) is 5.17. The zero-order valence-electron chi connectivity index (χ0n) is 9.65. The monoisotopic (exact) mass is 218 g/mol. The molecule has 84 valence electrons. The summed E-state index contributed by atoms with van der Waals surface area (Å²) in [7, 11) is 1.26. The van der Waals surface area contributed by atoms with Gasteiger partial charge in [-0.25, -0.2) is 4.79 Å². The Morgan fingerprint density at radius 1 is 1.62 bits per heavy atom. The lowest BCUT2D eigenvalue weighted by atomic mass is 10.2. The van der Waals surface area contributed by atoms with Crippen molar-refractivity contribution in [1.82, 2.24) is 4.57 Å². The molecule has 0 aliphatic heterocycles. The highest BCUT2D eigenvalue weighted by Crippen LogP contribution is 2.11. The molecule has 1 heterocycles. The highest BCUT2D eigenvalue weighted by atomic mass is 16.5. The lowest BCUT2D eigenvalue weighted by Crippen LogP contribution is -2.03. The molecule has 0 aliphatic rings. The predicted octanol–water partition coefficient (Wildman–Crippen LogP) is 1.90. The molecule has 0 bridgehead atoms. The van der Waals surface area contributed by atoms with Gasteiger partial charge in [0.1, 0.15) is 6.07 Å². The van der Waals surface area contributed by atoms with Crippen molar-refractivity contribution in [1.29, 1.82) is 5.26 Å². The van der Waals surface area contributed by atoms with Crippen molar-refractivity contribution in [3.8, 4) is 6.07 Å². The number of nitriles is 1. The first-order valence-electron chi connectivity index (χ1n) is 4.99. The van der Waals surface area contributed by atoms with Crippen LogP contribution in [0.25, 0.3) is 6.20 Å². The number of ether oxygens (including phenoxy) is 1. The highest BCUT2D eigenvalue weighted by molar-refractivity contribution is 5.95. The Labute approximate surface area is 94.7 Å². The molecule has 0 aromatic carbocycles. The smallest absolute Gasteiger partial charge is 0.350 e. The highest BCUT2D eigenvalue weighted by Gasteiger charge is 2.09. The van der Waals surface area contributed by atoms with Gasteiger partial charge in [-0.05, 0) is 24.5 Å². The molecule has 0 fully saturated rings. The second-order valence-electron chi connectivity index (χ2n) is 3.41. The predicted molar refractivity (Wildman–Crippen MR) is 60.4 cm³/mol. The minimum absolute atomic E-state index is 0.0137. The van der Waals surface area contributed by atoms with E-state index in [1.807, 2.05) is 25.4 Å². The van der Waals surface area contributed by atoms with Crippen LogP contribution in [0.4, 0.5) is 0 Å². The Balaban J connectivity index is 3.05. The van der Waals surface area contributed by atoms with Crippen molar-refractivity contribution in [2.75, 3.05) is 7.11 Å². The van der Waals surface area contributed by atoms with E-state index >= 15 is 0 Å². The third-order valence-corrected chi connectivity index (χ3v) is 2.34. The van der Waals surface area contributed by atoms with Gasteiger partial charge in [0, 0.05) is 18.6 Å². The molecule has 0 N–H and O–H groups in total. The first-order valence-corrected chi connectivity index (χ1v) is 4.99. The number of rotatable bonds is 3. The van der Waals surface area contributed by atoms with E-state index < -0.39 is 5.97 Å². The summed E-state index contributed by atoms with van der Waals surface area (Å²) in [4.78, 5) is 11.2. The van der Waals surface area contributed by atoms with Gasteiger partial charge in [-0.2, -0.15) is 5.26 Å². The molecule has 4 heteroatoms. The first-order chi connectivity index (χ1) is 7.62. The van der Waals surface area contributed by atoms with E-state index in [1.165, 1.54) is 18.9 Å². The average Bonchev–Trinajstić information content (AvgIpc) is 2.65. The third-order valence-electron chi connectivity index (χ3n) is 2.34. The number of methoxy groups -OCH3 is 1. The molecular formula is C12H14N2O2. The summed E-state index contributed by atoms with van der Waals surface area (Å²) in [5.74, 6) is -0.619. The number of hydrogen-bond acceptors (Lipinski definition) is 3. The molecule has 0 unspecified atom stereocenters. The second-order valence-corrected chi connectivity index (χ2v) is 3.41. The summed E-state index contributed by atoms with van der Waals surface area (Å²) in [6.07, 6.45) is 6.17. The summed E-state index contributed by atoms with van der Waals surface area (Å²) >= 11 is 0. The number of aromatic nitrogens is 1. The van der Waals surface area contributed by atoms with Gasteiger partial charge in [-0.1, -0.05) is 6.92 Å². The Hall–Kier alpha value is -2.02. The molecule has 1 rings (SSSR count). The van der Waals surface area contributed by atoms with Gasteiger partial charge in [-0.15, -0.1) is 0 Å². The number of aryl methyl sites for hydroxylation is 2. The Kier molecular flexibility index (Phi) is 3.90. The van der Waals surface area contributed by atoms with Gasteiger partial charge in [-0.3, -0.25) is 0 Å². The van der Waals surface area contributed by atoms with Gasteiger partial charge in [0.2, 0.25) is 0 Å². The lowest BCUT2D eigenvalue weighted by molar-refractivity contribution is -0.135.